The number of piperidine rings is 1. The first-order valence-corrected chi connectivity index (χ1v) is 16.6. The Bertz CT molecular complexity index is 1150. The van der Waals surface area contributed by atoms with Gasteiger partial charge < -0.3 is 24.6 Å². The summed E-state index contributed by atoms with van der Waals surface area (Å²) >= 11 is 0. The standard InChI is InChI=1S/C35H51NO8/c1-22-10-6-5-7-11-23(2)30(37)21-28-16-13-25(4)35(42,44-28)32(39)33(40)36-19-9-8-12-29(36)34(41)43-27-17-14-26(15-18-27)31(38)24(3)20-22/h5-7,10-11,22,24-30,37,42H,8-9,12-21H2,1-4H3/b7-5-,10-6-,23-11-/t22-,24-,25-,26?,27?,28+,29+,30+,35-/m1/s1. The van der Waals surface area contributed by atoms with Gasteiger partial charge in [0.15, 0.2) is 0 Å². The zero-order chi connectivity index (χ0) is 32.0. The van der Waals surface area contributed by atoms with Crippen molar-refractivity contribution in [2.75, 3.05) is 6.54 Å². The number of allylic oxidation sites excluding steroid dienone is 5. The van der Waals surface area contributed by atoms with E-state index in [2.05, 4.69) is 13.0 Å². The molecule has 9 nitrogen and oxygen atoms in total. The molecule has 1 saturated carbocycles. The van der Waals surface area contributed by atoms with E-state index in [1.54, 1.807) is 13.8 Å². The second-order valence-corrected chi connectivity index (χ2v) is 13.6. The van der Waals surface area contributed by atoms with Crippen LogP contribution in [0.2, 0.25) is 0 Å². The van der Waals surface area contributed by atoms with Crippen molar-refractivity contribution in [3.8, 4) is 0 Å². The first kappa shape index (κ1) is 34.3. The molecule has 3 fully saturated rings. The van der Waals surface area contributed by atoms with Crippen LogP contribution in [0.25, 0.3) is 0 Å². The quantitative estimate of drug-likeness (QED) is 0.300. The Labute approximate surface area is 261 Å². The second kappa shape index (κ2) is 15.1. The molecular formula is C35H51NO8. The number of carbonyl (C=O) groups excluding carboxylic acids is 4. The summed E-state index contributed by atoms with van der Waals surface area (Å²) < 4.78 is 11.8. The van der Waals surface area contributed by atoms with Crippen molar-refractivity contribution in [1.29, 1.82) is 0 Å². The average molecular weight is 614 g/mol. The Morgan fingerprint density at radius 3 is 2.30 bits per heavy atom. The van der Waals surface area contributed by atoms with E-state index in [4.69, 9.17) is 9.47 Å². The molecule has 4 heterocycles. The molecule has 0 radical (unpaired) electrons. The number of nitrogens with zero attached hydrogens (tertiary/aromatic N) is 1. The lowest BCUT2D eigenvalue weighted by Gasteiger charge is -2.42. The van der Waals surface area contributed by atoms with Gasteiger partial charge in [-0.15, -0.1) is 0 Å². The number of ether oxygens (including phenoxy) is 2. The summed E-state index contributed by atoms with van der Waals surface area (Å²) in [7, 11) is 0. The van der Waals surface area contributed by atoms with E-state index >= 15 is 0 Å². The summed E-state index contributed by atoms with van der Waals surface area (Å²) in [4.78, 5) is 55.0. The third kappa shape index (κ3) is 8.15. The number of hydrogen-bond acceptors (Lipinski definition) is 8. The molecule has 7 atom stereocenters. The smallest absolute Gasteiger partial charge is 0.329 e. The van der Waals surface area contributed by atoms with Crippen molar-refractivity contribution in [3.05, 3.63) is 36.0 Å². The fourth-order valence-corrected chi connectivity index (χ4v) is 7.14. The molecule has 0 aromatic heterocycles. The van der Waals surface area contributed by atoms with Crippen LogP contribution in [0.1, 0.15) is 98.3 Å². The lowest BCUT2D eigenvalue weighted by atomic mass is 9.79. The van der Waals surface area contributed by atoms with Crippen molar-refractivity contribution < 1.29 is 38.9 Å². The van der Waals surface area contributed by atoms with Crippen molar-refractivity contribution in [1.82, 2.24) is 4.90 Å². The van der Waals surface area contributed by atoms with E-state index in [-0.39, 0.29) is 42.6 Å². The number of amides is 1. The van der Waals surface area contributed by atoms with Crippen LogP contribution in [0.4, 0.5) is 0 Å². The second-order valence-electron chi connectivity index (χ2n) is 13.6. The van der Waals surface area contributed by atoms with Gasteiger partial charge in [0.05, 0.1) is 12.2 Å². The fourth-order valence-electron chi connectivity index (χ4n) is 7.14. The van der Waals surface area contributed by atoms with Crippen LogP contribution in [-0.2, 0) is 28.7 Å². The normalized spacial score (nSPS) is 41.4. The summed E-state index contributed by atoms with van der Waals surface area (Å²) in [5.74, 6) is -5.22. The minimum atomic E-state index is -2.35. The molecule has 1 aliphatic carbocycles. The maximum absolute atomic E-state index is 13.6. The third-order valence-electron chi connectivity index (χ3n) is 10.1. The molecule has 44 heavy (non-hydrogen) atoms. The van der Waals surface area contributed by atoms with Gasteiger partial charge in [-0.3, -0.25) is 14.4 Å². The number of esters is 1. The van der Waals surface area contributed by atoms with Gasteiger partial charge in [-0.2, -0.15) is 0 Å². The van der Waals surface area contributed by atoms with E-state index in [9.17, 15) is 29.4 Å². The predicted octanol–water partition coefficient (Wildman–Crippen LogP) is 4.60. The molecule has 0 spiro atoms. The Morgan fingerprint density at radius 2 is 1.57 bits per heavy atom. The summed E-state index contributed by atoms with van der Waals surface area (Å²) in [5, 5.41) is 22.3. The van der Waals surface area contributed by atoms with E-state index < -0.39 is 47.6 Å². The van der Waals surface area contributed by atoms with Crippen LogP contribution in [0.5, 0.6) is 0 Å². The number of hydrogen-bond donors (Lipinski definition) is 2. The van der Waals surface area contributed by atoms with Crippen LogP contribution < -0.4 is 0 Å². The predicted molar refractivity (Wildman–Crippen MR) is 165 cm³/mol. The monoisotopic (exact) mass is 613 g/mol. The van der Waals surface area contributed by atoms with E-state index in [0.717, 1.165) is 6.42 Å². The Balaban J connectivity index is 1.57. The summed E-state index contributed by atoms with van der Waals surface area (Å²) in [6.45, 7) is 7.76. The highest BCUT2D eigenvalue weighted by Gasteiger charge is 2.53. The van der Waals surface area contributed by atoms with E-state index in [1.807, 2.05) is 31.2 Å². The molecule has 5 rings (SSSR count). The molecule has 0 aromatic rings. The zero-order valence-electron chi connectivity index (χ0n) is 26.8. The van der Waals surface area contributed by atoms with Crippen LogP contribution in [0, 0.1) is 23.7 Å². The molecule has 1 amide bonds. The zero-order valence-corrected chi connectivity index (χ0v) is 26.8. The minimum Gasteiger partial charge on any atom is -0.461 e. The first-order chi connectivity index (χ1) is 20.9. The topological polar surface area (TPSA) is 130 Å². The minimum absolute atomic E-state index is 0.0579. The van der Waals surface area contributed by atoms with Crippen molar-refractivity contribution >= 4 is 23.4 Å². The van der Waals surface area contributed by atoms with Gasteiger partial charge >= 0.3 is 5.97 Å². The molecular weight excluding hydrogens is 562 g/mol. The highest BCUT2D eigenvalue weighted by Crippen LogP contribution is 2.36. The van der Waals surface area contributed by atoms with E-state index in [0.29, 0.717) is 63.4 Å². The van der Waals surface area contributed by atoms with Gasteiger partial charge in [0.25, 0.3) is 11.7 Å². The molecule has 2 saturated heterocycles. The summed E-state index contributed by atoms with van der Waals surface area (Å²) in [5.41, 5.74) is 0.699. The van der Waals surface area contributed by atoms with E-state index in [1.165, 1.54) is 4.90 Å². The Hall–Kier alpha value is -2.62. The highest BCUT2D eigenvalue weighted by molar-refractivity contribution is 6.39. The Morgan fingerprint density at radius 1 is 0.864 bits per heavy atom. The molecule has 244 valence electrons. The molecule has 2 N–H and O–H groups in total. The number of carbonyl (C=O) groups is 4. The molecule has 0 aromatic carbocycles. The molecule has 4 aliphatic heterocycles. The maximum Gasteiger partial charge on any atom is 0.329 e. The first-order valence-electron chi connectivity index (χ1n) is 16.6. The summed E-state index contributed by atoms with van der Waals surface area (Å²) in [6, 6.07) is -0.912. The number of aliphatic hydroxyl groups excluding tert-OH is 1. The van der Waals surface area contributed by atoms with Gasteiger partial charge in [-0.05, 0) is 82.6 Å². The number of rotatable bonds is 0. The highest BCUT2D eigenvalue weighted by atomic mass is 16.6. The summed E-state index contributed by atoms with van der Waals surface area (Å²) in [6.07, 6.45) is 13.8. The molecule has 5 aliphatic rings. The number of aliphatic hydroxyl groups is 2. The van der Waals surface area contributed by atoms with Gasteiger partial charge in [0.1, 0.15) is 17.9 Å². The number of Topliss-reactive ketones (excluding diaryl/α,β-unsaturated/α-hetero) is 2. The third-order valence-corrected chi connectivity index (χ3v) is 10.1. The van der Waals surface area contributed by atoms with Crippen molar-refractivity contribution in [3.63, 3.8) is 0 Å². The maximum atomic E-state index is 13.6. The molecule has 9 heteroatoms. The van der Waals surface area contributed by atoms with Crippen molar-refractivity contribution in [2.24, 2.45) is 23.7 Å². The number of ketones is 2. The van der Waals surface area contributed by atoms with Gasteiger partial charge in [-0.25, -0.2) is 4.79 Å². The van der Waals surface area contributed by atoms with Gasteiger partial charge in [-0.1, -0.05) is 51.2 Å². The van der Waals surface area contributed by atoms with Gasteiger partial charge in [0, 0.05) is 30.7 Å². The van der Waals surface area contributed by atoms with Crippen LogP contribution in [0.3, 0.4) is 0 Å². The SMILES string of the molecule is C/C1=C/C=C\C=C/[C@@H](C)C[C@@H](C)C(=O)C2CCC(CC2)OC(=O)[C@@H]2CCCCN2C(=O)C(=O)[C@]2(O)O[C@@H](CC[C@H]2C)C[C@@H]1O. The Kier molecular flexibility index (Phi) is 11.8. The largest absolute Gasteiger partial charge is 0.461 e. The fraction of sp³-hybridized carbons (Fsp3) is 0.714. The van der Waals surface area contributed by atoms with Crippen molar-refractivity contribution in [2.45, 2.75) is 128 Å². The lowest BCUT2D eigenvalue weighted by molar-refractivity contribution is -0.265. The van der Waals surface area contributed by atoms with Crippen LogP contribution in [-0.4, -0.2) is 75.2 Å². The van der Waals surface area contributed by atoms with Crippen LogP contribution in [0.15, 0.2) is 36.0 Å². The van der Waals surface area contributed by atoms with Crippen LogP contribution >= 0.6 is 0 Å². The lowest BCUT2D eigenvalue weighted by Crippen LogP contribution is -2.60. The number of fused-ring (bicyclic) bond motifs is 12. The molecule has 4 bridgehead atoms. The average Bonchev–Trinajstić information content (AvgIpc) is 3.01. The van der Waals surface area contributed by atoms with Gasteiger partial charge in [0.2, 0.25) is 5.79 Å². The molecule has 0 unspecified atom stereocenters.